The first kappa shape index (κ1) is 13.1. The van der Waals surface area contributed by atoms with Crippen molar-refractivity contribution in [2.45, 2.75) is 63.3 Å². The van der Waals surface area contributed by atoms with Gasteiger partial charge in [0.1, 0.15) is 0 Å². The van der Waals surface area contributed by atoms with E-state index in [2.05, 4.69) is 5.32 Å². The van der Waals surface area contributed by atoms with E-state index in [1.54, 1.807) is 6.92 Å². The van der Waals surface area contributed by atoms with Crippen LogP contribution in [0.5, 0.6) is 0 Å². The maximum absolute atomic E-state index is 11.7. The molecule has 0 aromatic rings. The van der Waals surface area contributed by atoms with Crippen molar-refractivity contribution in [3.63, 3.8) is 0 Å². The van der Waals surface area contributed by atoms with E-state index >= 15 is 0 Å². The van der Waals surface area contributed by atoms with Gasteiger partial charge in [-0.3, -0.25) is 9.69 Å². The van der Waals surface area contributed by atoms with Crippen LogP contribution in [0.4, 0.5) is 4.79 Å². The number of carbonyl (C=O) groups excluding carboxylic acids is 1. The highest BCUT2D eigenvalue weighted by atomic mass is 16.4. The highest BCUT2D eigenvalue weighted by molar-refractivity contribution is 5.82. The van der Waals surface area contributed by atoms with Crippen molar-refractivity contribution in [1.29, 1.82) is 0 Å². The summed E-state index contributed by atoms with van der Waals surface area (Å²) in [6.45, 7) is 1.59. The Morgan fingerprint density at radius 2 is 1.89 bits per heavy atom. The van der Waals surface area contributed by atoms with Crippen LogP contribution in [0.3, 0.4) is 0 Å². The fourth-order valence-electron chi connectivity index (χ4n) is 2.21. The molecule has 6 nitrogen and oxygen atoms in total. The van der Waals surface area contributed by atoms with Crippen molar-refractivity contribution in [1.82, 2.24) is 10.2 Å². The van der Waals surface area contributed by atoms with Crippen LogP contribution >= 0.6 is 0 Å². The number of rotatable bonds is 5. The minimum atomic E-state index is -1.29. The van der Waals surface area contributed by atoms with Crippen molar-refractivity contribution >= 4 is 12.0 Å². The van der Waals surface area contributed by atoms with Gasteiger partial charge in [0.25, 0.3) is 5.91 Å². The topological polar surface area (TPSA) is 89.9 Å². The maximum atomic E-state index is 11.7. The van der Waals surface area contributed by atoms with Gasteiger partial charge in [-0.15, -0.1) is 0 Å². The highest BCUT2D eigenvalue weighted by Crippen LogP contribution is 2.27. The molecule has 2 aliphatic carbocycles. The number of aliphatic hydroxyl groups excluding tert-OH is 1. The molecule has 0 bridgehead atoms. The van der Waals surface area contributed by atoms with Crippen LogP contribution < -0.4 is 5.32 Å². The minimum Gasteiger partial charge on any atom is -0.465 e. The van der Waals surface area contributed by atoms with Gasteiger partial charge in [-0.25, -0.2) is 4.79 Å². The number of carbonyl (C=O) groups is 2. The van der Waals surface area contributed by atoms with Gasteiger partial charge in [0, 0.05) is 12.1 Å². The zero-order valence-electron chi connectivity index (χ0n) is 10.5. The third kappa shape index (κ3) is 2.75. The van der Waals surface area contributed by atoms with E-state index < -0.39 is 24.1 Å². The van der Waals surface area contributed by atoms with Gasteiger partial charge in [0.15, 0.2) is 6.10 Å². The molecule has 3 N–H and O–H groups in total. The van der Waals surface area contributed by atoms with Gasteiger partial charge in [-0.05, 0) is 39.0 Å². The molecule has 1 unspecified atom stereocenters. The van der Waals surface area contributed by atoms with Crippen molar-refractivity contribution < 1.29 is 19.8 Å². The minimum absolute atomic E-state index is 0.0547. The van der Waals surface area contributed by atoms with E-state index in [1.165, 1.54) is 4.90 Å². The van der Waals surface area contributed by atoms with Crippen LogP contribution in [-0.4, -0.2) is 51.3 Å². The molecule has 2 saturated carbocycles. The lowest BCUT2D eigenvalue weighted by Crippen LogP contribution is -2.56. The molecule has 6 heteroatoms. The Hall–Kier alpha value is -1.30. The van der Waals surface area contributed by atoms with E-state index in [0.29, 0.717) is 0 Å². The van der Waals surface area contributed by atoms with Gasteiger partial charge in [0.2, 0.25) is 0 Å². The molecule has 0 aromatic heterocycles. The normalized spacial score (nSPS) is 22.8. The third-order valence-corrected chi connectivity index (χ3v) is 3.78. The summed E-state index contributed by atoms with van der Waals surface area (Å²) < 4.78 is 0. The second-order valence-corrected chi connectivity index (χ2v) is 5.24. The molecule has 0 aliphatic heterocycles. The molecule has 0 aromatic carbocycles. The first-order chi connectivity index (χ1) is 8.50. The summed E-state index contributed by atoms with van der Waals surface area (Å²) in [4.78, 5) is 24.2. The monoisotopic (exact) mass is 256 g/mol. The molecule has 0 spiro atoms. The SMILES string of the molecule is C[C@@H](C(O)C(=O)NC1CC1)N(C(=O)O)C1CCC1. The van der Waals surface area contributed by atoms with Crippen LogP contribution in [0.15, 0.2) is 0 Å². The Bertz CT molecular complexity index is 339. The maximum Gasteiger partial charge on any atom is 0.407 e. The lowest BCUT2D eigenvalue weighted by molar-refractivity contribution is -0.133. The molecule has 2 aliphatic rings. The number of aliphatic hydroxyl groups is 1. The molecule has 0 radical (unpaired) electrons. The first-order valence-electron chi connectivity index (χ1n) is 6.50. The van der Waals surface area contributed by atoms with Crippen LogP contribution in [0.2, 0.25) is 0 Å². The van der Waals surface area contributed by atoms with E-state index in [0.717, 1.165) is 32.1 Å². The Morgan fingerprint density at radius 1 is 1.28 bits per heavy atom. The van der Waals surface area contributed by atoms with Gasteiger partial charge >= 0.3 is 6.09 Å². The lowest BCUT2D eigenvalue weighted by Gasteiger charge is -2.40. The fourth-order valence-corrected chi connectivity index (χ4v) is 2.21. The summed E-state index contributed by atoms with van der Waals surface area (Å²) in [6, 6.07) is -0.589. The number of nitrogens with zero attached hydrogens (tertiary/aromatic N) is 1. The summed E-state index contributed by atoms with van der Waals surface area (Å²) in [5.41, 5.74) is 0. The first-order valence-corrected chi connectivity index (χ1v) is 6.50. The lowest BCUT2D eigenvalue weighted by atomic mass is 9.90. The van der Waals surface area contributed by atoms with E-state index in [-0.39, 0.29) is 12.1 Å². The molecule has 0 saturated heterocycles. The average Bonchev–Trinajstić information content (AvgIpc) is 3.04. The summed E-state index contributed by atoms with van der Waals surface area (Å²) >= 11 is 0. The van der Waals surface area contributed by atoms with E-state index in [4.69, 9.17) is 0 Å². The van der Waals surface area contributed by atoms with Gasteiger partial charge in [-0.1, -0.05) is 0 Å². The van der Waals surface area contributed by atoms with Crippen LogP contribution in [0.25, 0.3) is 0 Å². The van der Waals surface area contributed by atoms with Gasteiger partial charge in [-0.2, -0.15) is 0 Å². The largest absolute Gasteiger partial charge is 0.465 e. The number of hydrogen-bond donors (Lipinski definition) is 3. The Balaban J connectivity index is 1.94. The Morgan fingerprint density at radius 3 is 2.28 bits per heavy atom. The van der Waals surface area contributed by atoms with Gasteiger partial charge < -0.3 is 15.5 Å². The van der Waals surface area contributed by atoms with Crippen molar-refractivity contribution in [3.05, 3.63) is 0 Å². The zero-order valence-corrected chi connectivity index (χ0v) is 10.5. The summed E-state index contributed by atoms with van der Waals surface area (Å²) in [5, 5.41) is 21.8. The zero-order chi connectivity index (χ0) is 13.3. The second-order valence-electron chi connectivity index (χ2n) is 5.24. The third-order valence-electron chi connectivity index (χ3n) is 3.78. The standard InChI is InChI=1S/C12H20N2O4/c1-7(10(15)11(16)13-8-5-6-8)14(12(17)18)9-3-2-4-9/h7-10,15H,2-6H2,1H3,(H,13,16)(H,17,18)/t7-,10?/m0/s1. The van der Waals surface area contributed by atoms with Crippen molar-refractivity contribution in [2.75, 3.05) is 0 Å². The van der Waals surface area contributed by atoms with E-state index in [9.17, 15) is 19.8 Å². The Kier molecular flexibility index (Phi) is 3.75. The molecule has 2 rings (SSSR count). The summed E-state index contributed by atoms with van der Waals surface area (Å²) in [6.07, 6.45) is 2.16. The predicted molar refractivity (Wildman–Crippen MR) is 64.1 cm³/mol. The smallest absolute Gasteiger partial charge is 0.407 e. The number of amides is 2. The van der Waals surface area contributed by atoms with Crippen LogP contribution in [0.1, 0.15) is 39.0 Å². The van der Waals surface area contributed by atoms with Crippen molar-refractivity contribution in [2.24, 2.45) is 0 Å². The quantitative estimate of drug-likeness (QED) is 0.670. The van der Waals surface area contributed by atoms with E-state index in [1.807, 2.05) is 0 Å². The summed E-state index contributed by atoms with van der Waals surface area (Å²) in [5.74, 6) is -0.462. The second kappa shape index (κ2) is 5.14. The average molecular weight is 256 g/mol. The molecular weight excluding hydrogens is 236 g/mol. The molecule has 2 amide bonds. The highest BCUT2D eigenvalue weighted by Gasteiger charge is 2.38. The predicted octanol–water partition coefficient (Wildman–Crippen LogP) is 0.547. The molecule has 2 fully saturated rings. The molecule has 18 heavy (non-hydrogen) atoms. The Labute approximate surface area is 106 Å². The number of carboxylic acid groups (broad SMARTS) is 1. The molecule has 2 atom stereocenters. The fraction of sp³-hybridized carbons (Fsp3) is 0.833. The molecule has 0 heterocycles. The number of hydrogen-bond acceptors (Lipinski definition) is 3. The summed E-state index contributed by atoms with van der Waals surface area (Å²) in [7, 11) is 0. The molecule has 102 valence electrons. The van der Waals surface area contributed by atoms with Crippen molar-refractivity contribution in [3.8, 4) is 0 Å². The van der Waals surface area contributed by atoms with Crippen LogP contribution in [0, 0.1) is 0 Å². The molecular formula is C12H20N2O4. The van der Waals surface area contributed by atoms with Gasteiger partial charge in [0.05, 0.1) is 6.04 Å². The number of nitrogens with one attached hydrogen (secondary N) is 1. The van der Waals surface area contributed by atoms with Crippen LogP contribution in [-0.2, 0) is 4.79 Å².